The van der Waals surface area contributed by atoms with E-state index >= 15 is 0 Å². The third kappa shape index (κ3) is 1.28. The predicted octanol–water partition coefficient (Wildman–Crippen LogP) is 3.54. The molecule has 13 heavy (non-hydrogen) atoms. The van der Waals surface area contributed by atoms with Crippen molar-refractivity contribution in [2.24, 2.45) is 0 Å². The average Bonchev–Trinajstić information content (AvgIpc) is 2.47. The molecule has 0 unspecified atom stereocenters. The summed E-state index contributed by atoms with van der Waals surface area (Å²) >= 11 is 3.57. The number of halogens is 1. The van der Waals surface area contributed by atoms with Gasteiger partial charge in [-0.3, -0.25) is 0 Å². The van der Waals surface area contributed by atoms with Gasteiger partial charge in [-0.2, -0.15) is 0 Å². The molecule has 2 rings (SSSR count). The summed E-state index contributed by atoms with van der Waals surface area (Å²) in [5.41, 5.74) is 3.05. The van der Waals surface area contributed by atoms with Gasteiger partial charge in [0, 0.05) is 16.4 Å². The van der Waals surface area contributed by atoms with Crippen molar-refractivity contribution in [1.82, 2.24) is 0 Å². The fourth-order valence-electron chi connectivity index (χ4n) is 1.90. The fraction of sp³-hybridized carbons (Fsp3) is 0.455. The van der Waals surface area contributed by atoms with Crippen molar-refractivity contribution in [3.63, 3.8) is 0 Å². The third-order valence-electron chi connectivity index (χ3n) is 3.10. The van der Waals surface area contributed by atoms with Crippen LogP contribution in [0.25, 0.3) is 0 Å². The highest BCUT2D eigenvalue weighted by atomic mass is 79.9. The van der Waals surface area contributed by atoms with Crippen LogP contribution in [0.2, 0.25) is 0 Å². The molecule has 0 radical (unpaired) electrons. The predicted molar refractivity (Wildman–Crippen MR) is 60.3 cm³/mol. The smallest absolute Gasteiger partial charge is 0.0523 e. The van der Waals surface area contributed by atoms with Gasteiger partial charge in [0.15, 0.2) is 0 Å². The van der Waals surface area contributed by atoms with Gasteiger partial charge < -0.3 is 5.32 Å². The molecule has 0 fully saturated rings. The molecule has 1 aliphatic heterocycles. The number of hydrogen-bond donors (Lipinski definition) is 1. The molecule has 1 nitrogen and oxygen atoms in total. The summed E-state index contributed by atoms with van der Waals surface area (Å²) in [6.07, 6.45) is 1.18. The lowest BCUT2D eigenvalue weighted by atomic mass is 9.82. The Morgan fingerprint density at radius 1 is 1.54 bits per heavy atom. The number of para-hydroxylation sites is 1. The van der Waals surface area contributed by atoms with Gasteiger partial charge in [-0.15, -0.1) is 0 Å². The van der Waals surface area contributed by atoms with Gasteiger partial charge in [-0.1, -0.05) is 26.0 Å². The molecule has 0 amide bonds. The first kappa shape index (κ1) is 9.07. The lowest BCUT2D eigenvalue weighted by Crippen LogP contribution is -2.22. The molecule has 1 atom stereocenters. The summed E-state index contributed by atoms with van der Waals surface area (Å²) in [4.78, 5) is 0. The number of fused-ring (bicyclic) bond motifs is 1. The second kappa shape index (κ2) is 3.02. The van der Waals surface area contributed by atoms with Gasteiger partial charge in [-0.05, 0) is 34.0 Å². The standard InChI is InChI=1S/C11H14BrN/c1-3-11(2)7-13-10-8(11)5-4-6-9(10)12/h4-6,13H,3,7H2,1-2H3/t11-/m0/s1. The van der Waals surface area contributed by atoms with E-state index in [1.807, 2.05) is 0 Å². The molecule has 1 aromatic rings. The molecular formula is C11H14BrN. The molecule has 1 aromatic carbocycles. The molecule has 0 bridgehead atoms. The molecule has 70 valence electrons. The molecule has 1 heterocycles. The van der Waals surface area contributed by atoms with E-state index in [4.69, 9.17) is 0 Å². The van der Waals surface area contributed by atoms with Crippen LogP contribution in [-0.2, 0) is 5.41 Å². The van der Waals surface area contributed by atoms with Gasteiger partial charge in [0.25, 0.3) is 0 Å². The van der Waals surface area contributed by atoms with Gasteiger partial charge in [0.1, 0.15) is 0 Å². The minimum absolute atomic E-state index is 0.319. The number of anilines is 1. The van der Waals surface area contributed by atoms with Crippen molar-refractivity contribution >= 4 is 21.6 Å². The lowest BCUT2D eigenvalue weighted by molar-refractivity contribution is 0.504. The second-order valence-electron chi connectivity index (χ2n) is 3.93. The van der Waals surface area contributed by atoms with Gasteiger partial charge >= 0.3 is 0 Å². The summed E-state index contributed by atoms with van der Waals surface area (Å²) in [6.45, 7) is 5.62. The van der Waals surface area contributed by atoms with Crippen LogP contribution in [0.4, 0.5) is 5.69 Å². The lowest BCUT2D eigenvalue weighted by Gasteiger charge is -2.21. The van der Waals surface area contributed by atoms with Crippen LogP contribution in [0.3, 0.4) is 0 Å². The second-order valence-corrected chi connectivity index (χ2v) is 4.78. The Balaban J connectivity index is 2.55. The van der Waals surface area contributed by atoms with Crippen LogP contribution in [0.1, 0.15) is 25.8 Å². The Bertz CT molecular complexity index is 335. The maximum Gasteiger partial charge on any atom is 0.0523 e. The van der Waals surface area contributed by atoms with Crippen molar-refractivity contribution in [2.45, 2.75) is 25.7 Å². The quantitative estimate of drug-likeness (QED) is 0.791. The SMILES string of the molecule is CC[C@@]1(C)CNc2c(Br)cccc21. The van der Waals surface area contributed by atoms with Crippen molar-refractivity contribution in [1.29, 1.82) is 0 Å². The highest BCUT2D eigenvalue weighted by Gasteiger charge is 2.33. The van der Waals surface area contributed by atoms with Crippen LogP contribution >= 0.6 is 15.9 Å². The minimum Gasteiger partial charge on any atom is -0.383 e. The maximum atomic E-state index is 3.57. The maximum absolute atomic E-state index is 3.57. The number of hydrogen-bond acceptors (Lipinski definition) is 1. The van der Waals surface area contributed by atoms with Crippen molar-refractivity contribution in [3.05, 3.63) is 28.2 Å². The van der Waals surface area contributed by atoms with Crippen LogP contribution in [0.15, 0.2) is 22.7 Å². The van der Waals surface area contributed by atoms with E-state index in [1.54, 1.807) is 0 Å². The summed E-state index contributed by atoms with van der Waals surface area (Å²) in [7, 11) is 0. The largest absolute Gasteiger partial charge is 0.383 e. The number of nitrogens with one attached hydrogen (secondary N) is 1. The molecule has 0 aromatic heterocycles. The van der Waals surface area contributed by atoms with Crippen molar-refractivity contribution < 1.29 is 0 Å². The highest BCUT2D eigenvalue weighted by molar-refractivity contribution is 9.10. The molecule has 1 N–H and O–H groups in total. The van der Waals surface area contributed by atoms with Gasteiger partial charge in [0.2, 0.25) is 0 Å². The van der Waals surface area contributed by atoms with Crippen LogP contribution in [-0.4, -0.2) is 6.54 Å². The zero-order valence-electron chi connectivity index (χ0n) is 8.02. The Morgan fingerprint density at radius 2 is 2.31 bits per heavy atom. The topological polar surface area (TPSA) is 12.0 Å². The zero-order chi connectivity index (χ0) is 9.47. The average molecular weight is 240 g/mol. The first-order chi connectivity index (χ1) is 6.17. The third-order valence-corrected chi connectivity index (χ3v) is 3.76. The summed E-state index contributed by atoms with van der Waals surface area (Å²) in [5, 5.41) is 3.46. The summed E-state index contributed by atoms with van der Waals surface area (Å²) < 4.78 is 1.18. The normalized spacial score (nSPS) is 25.5. The minimum atomic E-state index is 0.319. The van der Waals surface area contributed by atoms with Crippen LogP contribution in [0, 0.1) is 0 Å². The van der Waals surface area contributed by atoms with E-state index in [2.05, 4.69) is 53.3 Å². The first-order valence-electron chi connectivity index (χ1n) is 4.70. The fourth-order valence-corrected chi connectivity index (χ4v) is 2.41. The van der Waals surface area contributed by atoms with Gasteiger partial charge in [0.05, 0.1) is 5.69 Å². The van der Waals surface area contributed by atoms with E-state index < -0.39 is 0 Å². The number of benzene rings is 1. The van der Waals surface area contributed by atoms with E-state index in [-0.39, 0.29) is 0 Å². The Kier molecular flexibility index (Phi) is 2.11. The number of rotatable bonds is 1. The monoisotopic (exact) mass is 239 g/mol. The molecule has 2 heteroatoms. The molecule has 1 aliphatic rings. The summed E-state index contributed by atoms with van der Waals surface area (Å²) in [6, 6.07) is 6.43. The van der Waals surface area contributed by atoms with Crippen molar-refractivity contribution in [2.75, 3.05) is 11.9 Å². The van der Waals surface area contributed by atoms with Gasteiger partial charge in [-0.25, -0.2) is 0 Å². The molecule has 0 saturated heterocycles. The molecular weight excluding hydrogens is 226 g/mol. The van der Waals surface area contributed by atoms with E-state index in [0.29, 0.717) is 5.41 Å². The van der Waals surface area contributed by atoms with E-state index in [9.17, 15) is 0 Å². The Labute approximate surface area is 87.7 Å². The highest BCUT2D eigenvalue weighted by Crippen LogP contribution is 2.42. The first-order valence-corrected chi connectivity index (χ1v) is 5.49. The molecule has 0 spiro atoms. The van der Waals surface area contributed by atoms with E-state index in [1.165, 1.54) is 22.1 Å². The zero-order valence-corrected chi connectivity index (χ0v) is 9.61. The Hall–Kier alpha value is -0.500. The van der Waals surface area contributed by atoms with Crippen molar-refractivity contribution in [3.8, 4) is 0 Å². The molecule has 0 aliphatic carbocycles. The Morgan fingerprint density at radius 3 is 3.00 bits per heavy atom. The molecule has 0 saturated carbocycles. The van der Waals surface area contributed by atoms with Crippen LogP contribution in [0.5, 0.6) is 0 Å². The summed E-state index contributed by atoms with van der Waals surface area (Å²) in [5.74, 6) is 0. The van der Waals surface area contributed by atoms with E-state index in [0.717, 1.165) is 6.54 Å². The van der Waals surface area contributed by atoms with Crippen LogP contribution < -0.4 is 5.32 Å².